The summed E-state index contributed by atoms with van der Waals surface area (Å²) in [5, 5.41) is 0. The second-order valence-electron chi connectivity index (χ2n) is 6.88. The van der Waals surface area contributed by atoms with E-state index >= 15 is 0 Å². The summed E-state index contributed by atoms with van der Waals surface area (Å²) in [4.78, 5) is 28.5. The molecule has 2 aromatic rings. The van der Waals surface area contributed by atoms with Gasteiger partial charge in [-0.2, -0.15) is 0 Å². The number of benzene rings is 2. The van der Waals surface area contributed by atoms with Gasteiger partial charge in [-0.1, -0.05) is 60.7 Å². The fourth-order valence-electron chi connectivity index (χ4n) is 3.48. The molecule has 29 heavy (non-hydrogen) atoms. The van der Waals surface area contributed by atoms with Gasteiger partial charge in [0.1, 0.15) is 5.70 Å². The van der Waals surface area contributed by atoms with Crippen LogP contribution in [0.3, 0.4) is 0 Å². The van der Waals surface area contributed by atoms with Crippen LogP contribution in [-0.2, 0) is 19.1 Å². The first kappa shape index (κ1) is 19.1. The lowest BCUT2D eigenvalue weighted by atomic mass is 10.1. The van der Waals surface area contributed by atoms with Crippen LogP contribution in [0.15, 0.2) is 72.1 Å². The van der Waals surface area contributed by atoms with E-state index in [4.69, 9.17) is 9.47 Å². The minimum Gasteiger partial charge on any atom is -0.324 e. The molecule has 2 aliphatic rings. The van der Waals surface area contributed by atoms with Crippen molar-refractivity contribution in [1.29, 1.82) is 0 Å². The summed E-state index contributed by atoms with van der Waals surface area (Å²) < 4.78 is 11.4. The summed E-state index contributed by atoms with van der Waals surface area (Å²) in [6.07, 6.45) is 4.31. The average Bonchev–Trinajstić information content (AvgIpc) is 3.25. The maximum atomic E-state index is 13.3. The van der Waals surface area contributed by atoms with Crippen molar-refractivity contribution in [1.82, 2.24) is 9.80 Å². The van der Waals surface area contributed by atoms with Gasteiger partial charge in [-0.15, -0.1) is 0 Å². The van der Waals surface area contributed by atoms with Crippen molar-refractivity contribution in [2.75, 3.05) is 26.8 Å². The van der Waals surface area contributed by atoms with Crippen molar-refractivity contribution in [3.63, 3.8) is 0 Å². The van der Waals surface area contributed by atoms with E-state index in [2.05, 4.69) is 0 Å². The first-order chi connectivity index (χ1) is 14.1. The number of rotatable bonds is 4. The number of aldehydes is 1. The van der Waals surface area contributed by atoms with E-state index in [1.54, 1.807) is 22.9 Å². The highest BCUT2D eigenvalue weighted by Crippen LogP contribution is 2.33. The first-order valence-electron chi connectivity index (χ1n) is 9.45. The third kappa shape index (κ3) is 3.72. The minimum atomic E-state index is -1.60. The average molecular weight is 390 g/mol. The van der Waals surface area contributed by atoms with E-state index in [-0.39, 0.29) is 25.7 Å². The summed E-state index contributed by atoms with van der Waals surface area (Å²) in [7, 11) is 1.73. The number of piperazine rings is 1. The van der Waals surface area contributed by atoms with Crippen molar-refractivity contribution in [2.24, 2.45) is 0 Å². The Balaban J connectivity index is 1.79. The van der Waals surface area contributed by atoms with Gasteiger partial charge < -0.3 is 19.3 Å². The Bertz CT molecular complexity index is 947. The molecule has 0 aliphatic carbocycles. The molecule has 1 amide bonds. The zero-order valence-electron chi connectivity index (χ0n) is 16.2. The van der Waals surface area contributed by atoms with Crippen LogP contribution in [0.25, 0.3) is 12.2 Å². The van der Waals surface area contributed by atoms with Crippen LogP contribution in [0, 0.1) is 0 Å². The number of nitrogens with zero attached hydrogens (tertiary/aromatic N) is 2. The number of ether oxygens (including phenoxy) is 2. The van der Waals surface area contributed by atoms with E-state index in [1.165, 1.54) is 0 Å². The van der Waals surface area contributed by atoms with E-state index in [1.807, 2.05) is 66.7 Å². The molecule has 0 atom stereocenters. The molecule has 148 valence electrons. The van der Waals surface area contributed by atoms with Crippen LogP contribution >= 0.6 is 0 Å². The number of hydrogen-bond donors (Lipinski definition) is 0. The highest BCUT2D eigenvalue weighted by Gasteiger charge is 2.48. The maximum absolute atomic E-state index is 13.3. The number of carbonyl (C=O) groups excluding carboxylic acids is 2. The number of carbonyl (C=O) groups is 2. The molecule has 2 aliphatic heterocycles. The summed E-state index contributed by atoms with van der Waals surface area (Å²) in [6, 6.07) is 19.2. The molecule has 6 heteroatoms. The van der Waals surface area contributed by atoms with Crippen LogP contribution in [0.1, 0.15) is 11.1 Å². The smallest absolute Gasteiger partial charge is 0.312 e. The predicted molar refractivity (Wildman–Crippen MR) is 109 cm³/mol. The molecule has 2 aromatic carbocycles. The highest BCUT2D eigenvalue weighted by atomic mass is 16.8. The monoisotopic (exact) mass is 390 g/mol. The molecule has 6 nitrogen and oxygen atoms in total. The standard InChI is InChI=1S/C23H22N2O4/c1-24-20(14-18-8-4-2-5-9-18)16-25(23(17-26)28-12-13-29-23)21(22(24)27)15-19-10-6-3-7-11-19/h2-11,14-15,17H,12-13,16H2,1H3/b20-14-,21-15-. The van der Waals surface area contributed by atoms with Crippen molar-refractivity contribution in [2.45, 2.75) is 5.91 Å². The molecule has 2 heterocycles. The van der Waals surface area contributed by atoms with Crippen LogP contribution in [0.5, 0.6) is 0 Å². The number of likely N-dealkylation sites (N-methyl/N-ethyl adjacent to an activating group) is 1. The summed E-state index contributed by atoms with van der Waals surface area (Å²) in [6.45, 7) is 0.861. The van der Waals surface area contributed by atoms with Gasteiger partial charge in [0.15, 0.2) is 0 Å². The second-order valence-corrected chi connectivity index (χ2v) is 6.88. The van der Waals surface area contributed by atoms with Crippen LogP contribution < -0.4 is 0 Å². The highest BCUT2D eigenvalue weighted by molar-refractivity contribution is 6.00. The summed E-state index contributed by atoms with van der Waals surface area (Å²) >= 11 is 0. The quantitative estimate of drug-likeness (QED) is 0.594. The third-order valence-corrected chi connectivity index (χ3v) is 5.03. The Kier molecular flexibility index (Phi) is 5.29. The van der Waals surface area contributed by atoms with Gasteiger partial charge in [-0.3, -0.25) is 9.59 Å². The zero-order chi connectivity index (χ0) is 20.3. The Morgan fingerprint density at radius 2 is 1.45 bits per heavy atom. The Labute approximate surface area is 169 Å². The molecule has 0 saturated carbocycles. The largest absolute Gasteiger partial charge is 0.324 e. The molecule has 0 spiro atoms. The van der Waals surface area contributed by atoms with E-state index in [0.717, 1.165) is 16.8 Å². The van der Waals surface area contributed by atoms with Gasteiger partial charge in [-0.25, -0.2) is 0 Å². The Morgan fingerprint density at radius 3 is 2.00 bits per heavy atom. The molecule has 0 radical (unpaired) electrons. The summed E-state index contributed by atoms with van der Waals surface area (Å²) in [5.74, 6) is -1.84. The van der Waals surface area contributed by atoms with E-state index in [0.29, 0.717) is 12.0 Å². The Hall–Kier alpha value is -3.22. The molecule has 2 fully saturated rings. The van der Waals surface area contributed by atoms with Crippen molar-refractivity contribution < 1.29 is 19.1 Å². The molecule has 0 N–H and O–H groups in total. The van der Waals surface area contributed by atoms with Gasteiger partial charge >= 0.3 is 5.91 Å². The molecular weight excluding hydrogens is 368 g/mol. The lowest BCUT2D eigenvalue weighted by Crippen LogP contribution is -2.57. The molecule has 0 bridgehead atoms. The molecular formula is C23H22N2O4. The summed E-state index contributed by atoms with van der Waals surface area (Å²) in [5.41, 5.74) is 2.90. The van der Waals surface area contributed by atoms with Crippen molar-refractivity contribution in [3.8, 4) is 0 Å². The zero-order valence-corrected chi connectivity index (χ0v) is 16.2. The maximum Gasteiger partial charge on any atom is 0.312 e. The molecule has 4 rings (SSSR count). The third-order valence-electron chi connectivity index (χ3n) is 5.03. The van der Waals surface area contributed by atoms with Gasteiger partial charge in [0.2, 0.25) is 6.29 Å². The first-order valence-corrected chi connectivity index (χ1v) is 9.45. The molecule has 2 saturated heterocycles. The van der Waals surface area contributed by atoms with Gasteiger partial charge in [0, 0.05) is 12.7 Å². The van der Waals surface area contributed by atoms with Gasteiger partial charge in [0.05, 0.1) is 19.8 Å². The van der Waals surface area contributed by atoms with Gasteiger partial charge in [-0.05, 0) is 23.3 Å². The van der Waals surface area contributed by atoms with Crippen molar-refractivity contribution in [3.05, 3.63) is 83.2 Å². The van der Waals surface area contributed by atoms with Crippen LogP contribution in [0.4, 0.5) is 0 Å². The fourth-order valence-corrected chi connectivity index (χ4v) is 3.48. The van der Waals surface area contributed by atoms with Crippen LogP contribution in [-0.4, -0.2) is 54.7 Å². The molecule has 0 aromatic heterocycles. The fraction of sp³-hybridized carbons (Fsp3) is 0.217. The normalized spacial score (nSPS) is 21.8. The lowest BCUT2D eigenvalue weighted by Gasteiger charge is -2.43. The predicted octanol–water partition coefficient (Wildman–Crippen LogP) is 2.74. The van der Waals surface area contributed by atoms with Gasteiger partial charge in [0.25, 0.3) is 5.91 Å². The topological polar surface area (TPSA) is 59.1 Å². The SMILES string of the molecule is CN1C(=O)/C(=C/c2ccccc2)N(C2(C=O)OCCO2)C/C1=C/c1ccccc1. The van der Waals surface area contributed by atoms with Crippen LogP contribution in [0.2, 0.25) is 0 Å². The molecule has 0 unspecified atom stereocenters. The van der Waals surface area contributed by atoms with Crippen molar-refractivity contribution >= 4 is 24.3 Å². The minimum absolute atomic E-state index is 0.234. The Morgan fingerprint density at radius 1 is 0.897 bits per heavy atom. The number of amides is 1. The number of hydrogen-bond acceptors (Lipinski definition) is 5. The second kappa shape index (κ2) is 8.03. The van der Waals surface area contributed by atoms with E-state index in [9.17, 15) is 9.59 Å². The van der Waals surface area contributed by atoms with E-state index < -0.39 is 5.91 Å². The lowest BCUT2D eigenvalue weighted by molar-refractivity contribution is -0.225.